The average molecular weight is 202 g/mol. The van der Waals surface area contributed by atoms with Crippen molar-refractivity contribution in [1.82, 2.24) is 0 Å². The number of rotatable bonds is 3. The molecular formula is C14H18O. The summed E-state index contributed by atoms with van der Waals surface area (Å²) in [6, 6.07) is 0. The highest BCUT2D eigenvalue weighted by molar-refractivity contribution is 5.26. The van der Waals surface area contributed by atoms with Gasteiger partial charge < -0.3 is 4.74 Å². The molecule has 80 valence electrons. The van der Waals surface area contributed by atoms with Crippen LogP contribution in [-0.4, -0.2) is 11.7 Å². The Bertz CT molecular complexity index is 314. The number of fused-ring (bicyclic) bond motifs is 1. The molecular weight excluding hydrogens is 184 g/mol. The van der Waals surface area contributed by atoms with Crippen LogP contribution in [0, 0.1) is 24.2 Å². The van der Waals surface area contributed by atoms with Gasteiger partial charge in [-0.3, -0.25) is 0 Å². The van der Waals surface area contributed by atoms with E-state index in [1.807, 2.05) is 0 Å². The molecule has 0 radical (unpaired) electrons. The molecule has 1 saturated heterocycles. The molecule has 0 amide bonds. The molecule has 2 rings (SSSR count). The maximum atomic E-state index is 5.69. The SMILES string of the molecule is C#CCCCCC#CC12CCCCC1O2. The van der Waals surface area contributed by atoms with Gasteiger partial charge in [-0.1, -0.05) is 12.3 Å². The lowest BCUT2D eigenvalue weighted by Crippen LogP contribution is -2.16. The minimum Gasteiger partial charge on any atom is -0.352 e. The molecule has 1 saturated carbocycles. The second kappa shape index (κ2) is 4.73. The maximum Gasteiger partial charge on any atom is 0.155 e. The quantitative estimate of drug-likeness (QED) is 0.389. The van der Waals surface area contributed by atoms with Crippen LogP contribution in [0.15, 0.2) is 0 Å². The molecule has 1 aliphatic heterocycles. The molecule has 1 heteroatoms. The number of terminal acetylenes is 1. The summed E-state index contributed by atoms with van der Waals surface area (Å²) in [6.07, 6.45) is 14.7. The summed E-state index contributed by atoms with van der Waals surface area (Å²) in [4.78, 5) is 0. The van der Waals surface area contributed by atoms with Gasteiger partial charge in [0.2, 0.25) is 0 Å². The topological polar surface area (TPSA) is 12.5 Å². The predicted molar refractivity (Wildman–Crippen MR) is 61.1 cm³/mol. The van der Waals surface area contributed by atoms with Crippen molar-refractivity contribution in [3.63, 3.8) is 0 Å². The van der Waals surface area contributed by atoms with E-state index in [0.717, 1.165) is 32.1 Å². The third kappa shape index (κ3) is 2.55. The molecule has 2 fully saturated rings. The van der Waals surface area contributed by atoms with Gasteiger partial charge in [0, 0.05) is 12.8 Å². The van der Waals surface area contributed by atoms with Crippen molar-refractivity contribution in [3.8, 4) is 24.2 Å². The lowest BCUT2D eigenvalue weighted by molar-refractivity contribution is 0.336. The molecule has 2 atom stereocenters. The molecule has 2 aliphatic rings. The van der Waals surface area contributed by atoms with Crippen molar-refractivity contribution in [2.45, 2.75) is 63.1 Å². The average Bonchev–Trinajstić information content (AvgIpc) is 2.98. The largest absolute Gasteiger partial charge is 0.352 e. The molecule has 0 aromatic carbocycles. The van der Waals surface area contributed by atoms with Crippen LogP contribution in [0.4, 0.5) is 0 Å². The minimum absolute atomic E-state index is 0.00956. The monoisotopic (exact) mass is 202 g/mol. The van der Waals surface area contributed by atoms with Crippen LogP contribution in [-0.2, 0) is 4.74 Å². The zero-order chi connectivity index (χ0) is 10.6. The first-order valence-electron chi connectivity index (χ1n) is 5.99. The second-order valence-corrected chi connectivity index (χ2v) is 4.45. The van der Waals surface area contributed by atoms with Crippen molar-refractivity contribution in [1.29, 1.82) is 0 Å². The van der Waals surface area contributed by atoms with Crippen LogP contribution in [0.2, 0.25) is 0 Å². The van der Waals surface area contributed by atoms with E-state index in [1.54, 1.807) is 0 Å². The van der Waals surface area contributed by atoms with Crippen LogP contribution in [0.3, 0.4) is 0 Å². The molecule has 1 heterocycles. The van der Waals surface area contributed by atoms with Gasteiger partial charge in [0.15, 0.2) is 5.60 Å². The summed E-state index contributed by atoms with van der Waals surface area (Å²) >= 11 is 0. The first-order valence-corrected chi connectivity index (χ1v) is 5.99. The Hall–Kier alpha value is -0.920. The minimum atomic E-state index is -0.00956. The van der Waals surface area contributed by atoms with E-state index in [-0.39, 0.29) is 5.60 Å². The van der Waals surface area contributed by atoms with E-state index >= 15 is 0 Å². The first-order chi connectivity index (χ1) is 7.37. The Kier molecular flexibility index (Phi) is 3.34. The third-order valence-corrected chi connectivity index (χ3v) is 3.25. The van der Waals surface area contributed by atoms with Crippen molar-refractivity contribution in [2.24, 2.45) is 0 Å². The Morgan fingerprint density at radius 3 is 2.93 bits per heavy atom. The summed E-state index contributed by atoms with van der Waals surface area (Å²) in [5, 5.41) is 0. The highest BCUT2D eigenvalue weighted by Crippen LogP contribution is 2.47. The van der Waals surface area contributed by atoms with Gasteiger partial charge >= 0.3 is 0 Å². The summed E-state index contributed by atoms with van der Waals surface area (Å²) in [7, 11) is 0. The normalized spacial score (nSPS) is 32.1. The highest BCUT2D eigenvalue weighted by Gasteiger charge is 2.56. The molecule has 0 bridgehead atoms. The lowest BCUT2D eigenvalue weighted by Gasteiger charge is -2.10. The van der Waals surface area contributed by atoms with E-state index in [1.165, 1.54) is 19.3 Å². The van der Waals surface area contributed by atoms with Gasteiger partial charge in [0.1, 0.15) is 0 Å². The summed E-state index contributed by atoms with van der Waals surface area (Å²) < 4.78 is 5.69. The molecule has 1 nitrogen and oxygen atoms in total. The van der Waals surface area contributed by atoms with Crippen LogP contribution >= 0.6 is 0 Å². The standard InChI is InChI=1S/C14H18O/c1-2-3-4-5-6-8-11-14-12-9-7-10-13(14)15-14/h1,13H,3-7,9-10,12H2. The van der Waals surface area contributed by atoms with Gasteiger partial charge in [0.25, 0.3) is 0 Å². The van der Waals surface area contributed by atoms with Gasteiger partial charge in [-0.05, 0) is 32.1 Å². The van der Waals surface area contributed by atoms with E-state index in [4.69, 9.17) is 11.2 Å². The van der Waals surface area contributed by atoms with E-state index in [9.17, 15) is 0 Å². The predicted octanol–water partition coefficient (Wildman–Crippen LogP) is 2.90. The van der Waals surface area contributed by atoms with Crippen LogP contribution < -0.4 is 0 Å². The number of hydrogen-bond donors (Lipinski definition) is 0. The van der Waals surface area contributed by atoms with Crippen LogP contribution in [0.25, 0.3) is 0 Å². The Balaban J connectivity index is 1.69. The fourth-order valence-corrected chi connectivity index (χ4v) is 2.27. The van der Waals surface area contributed by atoms with E-state index < -0.39 is 0 Å². The van der Waals surface area contributed by atoms with Gasteiger partial charge in [-0.25, -0.2) is 0 Å². The Morgan fingerprint density at radius 2 is 2.13 bits per heavy atom. The zero-order valence-corrected chi connectivity index (χ0v) is 9.22. The smallest absolute Gasteiger partial charge is 0.155 e. The van der Waals surface area contributed by atoms with Gasteiger partial charge in [-0.15, -0.1) is 18.3 Å². The van der Waals surface area contributed by atoms with Crippen molar-refractivity contribution in [3.05, 3.63) is 0 Å². The molecule has 0 aromatic heterocycles. The number of epoxide rings is 1. The molecule has 0 aromatic rings. The highest BCUT2D eigenvalue weighted by atomic mass is 16.6. The lowest BCUT2D eigenvalue weighted by atomic mass is 9.89. The first kappa shape index (κ1) is 10.6. The van der Waals surface area contributed by atoms with Crippen LogP contribution in [0.5, 0.6) is 0 Å². The second-order valence-electron chi connectivity index (χ2n) is 4.45. The molecule has 15 heavy (non-hydrogen) atoms. The van der Waals surface area contributed by atoms with E-state index in [2.05, 4.69) is 17.8 Å². The number of unbranched alkanes of at least 4 members (excludes halogenated alkanes) is 3. The third-order valence-electron chi connectivity index (χ3n) is 3.25. The molecule has 0 spiro atoms. The summed E-state index contributed by atoms with van der Waals surface area (Å²) in [5.74, 6) is 9.23. The Morgan fingerprint density at radius 1 is 1.27 bits per heavy atom. The van der Waals surface area contributed by atoms with Crippen molar-refractivity contribution in [2.75, 3.05) is 0 Å². The molecule has 0 N–H and O–H groups in total. The molecule has 2 unspecified atom stereocenters. The summed E-state index contributed by atoms with van der Waals surface area (Å²) in [6.45, 7) is 0. The number of ether oxygens (including phenoxy) is 1. The zero-order valence-electron chi connectivity index (χ0n) is 9.22. The van der Waals surface area contributed by atoms with Crippen molar-refractivity contribution < 1.29 is 4.74 Å². The molecule has 1 aliphatic carbocycles. The van der Waals surface area contributed by atoms with Gasteiger partial charge in [-0.2, -0.15) is 0 Å². The van der Waals surface area contributed by atoms with Gasteiger partial charge in [0.05, 0.1) is 6.10 Å². The number of hydrogen-bond acceptors (Lipinski definition) is 1. The fraction of sp³-hybridized carbons (Fsp3) is 0.714. The fourth-order valence-electron chi connectivity index (χ4n) is 2.27. The van der Waals surface area contributed by atoms with Crippen molar-refractivity contribution >= 4 is 0 Å². The maximum absolute atomic E-state index is 5.69. The summed E-state index contributed by atoms with van der Waals surface area (Å²) in [5.41, 5.74) is -0.00956. The van der Waals surface area contributed by atoms with E-state index in [0.29, 0.717) is 6.10 Å². The Labute approximate surface area is 92.6 Å². The van der Waals surface area contributed by atoms with Crippen LogP contribution in [0.1, 0.15) is 51.4 Å².